The first-order valence-electron chi connectivity index (χ1n) is 11.0. The maximum absolute atomic E-state index is 13.2. The number of methoxy groups -OCH3 is 1. The molecule has 1 saturated heterocycles. The Morgan fingerprint density at radius 1 is 1.10 bits per heavy atom. The van der Waals surface area contributed by atoms with Crippen LogP contribution in [0.3, 0.4) is 0 Å². The summed E-state index contributed by atoms with van der Waals surface area (Å²) in [7, 11) is -1.34. The van der Waals surface area contributed by atoms with E-state index in [2.05, 4.69) is 14.8 Å². The van der Waals surface area contributed by atoms with Gasteiger partial charge in [0.05, 0.1) is 37.2 Å². The number of benzene rings is 1. The molecule has 3 unspecified atom stereocenters. The minimum absolute atomic E-state index is 0.0549. The van der Waals surface area contributed by atoms with E-state index in [0.717, 1.165) is 48.6 Å². The second-order valence-corrected chi connectivity index (χ2v) is 11.2. The van der Waals surface area contributed by atoms with E-state index in [9.17, 15) is 13.2 Å². The molecular formula is C22H28N4O4S. The largest absolute Gasteiger partial charge is 0.497 e. The first-order chi connectivity index (χ1) is 14.9. The van der Waals surface area contributed by atoms with E-state index in [1.807, 2.05) is 29.2 Å². The van der Waals surface area contributed by atoms with Crippen molar-refractivity contribution in [3.8, 4) is 17.1 Å². The summed E-state index contributed by atoms with van der Waals surface area (Å²) >= 11 is 0. The number of carbonyl (C=O) groups is 1. The smallest absolute Gasteiger partial charge is 0.223 e. The standard InChI is InChI=1S/C22H28N4O4S/c1-30-17-8-6-16(7-9-17)22-24-23-20-13-25(18-4-2-3-5-19(18)26(20)22)21(27)12-15-10-11-31(28,29)14-15/h6-9,15,18-19H,2-5,10-14H2,1H3. The van der Waals surface area contributed by atoms with Crippen LogP contribution in [0.15, 0.2) is 24.3 Å². The molecule has 0 bridgehead atoms. The highest BCUT2D eigenvalue weighted by molar-refractivity contribution is 7.91. The topological polar surface area (TPSA) is 94.4 Å². The van der Waals surface area contributed by atoms with Crippen LogP contribution in [0.25, 0.3) is 11.4 Å². The molecule has 8 nitrogen and oxygen atoms in total. The summed E-state index contributed by atoms with van der Waals surface area (Å²) in [5, 5.41) is 8.93. The quantitative estimate of drug-likeness (QED) is 0.720. The Bertz CT molecular complexity index is 1080. The van der Waals surface area contributed by atoms with Gasteiger partial charge in [0.1, 0.15) is 5.75 Å². The monoisotopic (exact) mass is 444 g/mol. The van der Waals surface area contributed by atoms with Gasteiger partial charge in [0.2, 0.25) is 5.91 Å². The van der Waals surface area contributed by atoms with E-state index < -0.39 is 9.84 Å². The molecule has 1 aliphatic carbocycles. The Labute approximate surface area is 182 Å². The molecule has 9 heteroatoms. The Morgan fingerprint density at radius 3 is 2.52 bits per heavy atom. The van der Waals surface area contributed by atoms with Crippen LogP contribution in [0, 0.1) is 5.92 Å². The molecule has 2 fully saturated rings. The lowest BCUT2D eigenvalue weighted by Gasteiger charge is -2.45. The van der Waals surface area contributed by atoms with Gasteiger partial charge in [0.25, 0.3) is 0 Å². The van der Waals surface area contributed by atoms with Crippen LogP contribution < -0.4 is 4.74 Å². The van der Waals surface area contributed by atoms with Gasteiger partial charge >= 0.3 is 0 Å². The van der Waals surface area contributed by atoms with Crippen LogP contribution in [0.1, 0.15) is 50.4 Å². The normalized spacial score (nSPS) is 26.9. The molecule has 1 amide bonds. The van der Waals surface area contributed by atoms with Gasteiger partial charge < -0.3 is 14.2 Å². The van der Waals surface area contributed by atoms with Crippen molar-refractivity contribution in [3.63, 3.8) is 0 Å². The van der Waals surface area contributed by atoms with Gasteiger partial charge in [-0.2, -0.15) is 0 Å². The fraction of sp³-hybridized carbons (Fsp3) is 0.591. The molecule has 1 saturated carbocycles. The van der Waals surface area contributed by atoms with Gasteiger partial charge in [0, 0.05) is 12.0 Å². The third kappa shape index (κ3) is 3.84. The van der Waals surface area contributed by atoms with E-state index >= 15 is 0 Å². The molecule has 3 atom stereocenters. The number of nitrogens with zero attached hydrogens (tertiary/aromatic N) is 4. The number of hydrogen-bond acceptors (Lipinski definition) is 6. The molecule has 1 aromatic heterocycles. The summed E-state index contributed by atoms with van der Waals surface area (Å²) in [5.74, 6) is 2.77. The van der Waals surface area contributed by atoms with Gasteiger partial charge in [-0.25, -0.2) is 8.42 Å². The first-order valence-corrected chi connectivity index (χ1v) is 12.9. The summed E-state index contributed by atoms with van der Waals surface area (Å²) in [6, 6.07) is 8.09. The number of amides is 1. The summed E-state index contributed by atoms with van der Waals surface area (Å²) < 4.78 is 31.1. The van der Waals surface area contributed by atoms with E-state index in [4.69, 9.17) is 4.74 Å². The number of rotatable bonds is 4. The zero-order valence-electron chi connectivity index (χ0n) is 17.7. The molecule has 0 spiro atoms. The summed E-state index contributed by atoms with van der Waals surface area (Å²) in [6.07, 6.45) is 5.05. The minimum atomic E-state index is -2.98. The second kappa shape index (κ2) is 7.93. The first kappa shape index (κ1) is 20.5. The van der Waals surface area contributed by atoms with Gasteiger partial charge in [-0.1, -0.05) is 12.8 Å². The number of carbonyl (C=O) groups excluding carboxylic acids is 1. The minimum Gasteiger partial charge on any atom is -0.497 e. The predicted molar refractivity (Wildman–Crippen MR) is 115 cm³/mol. The Kier molecular flexibility index (Phi) is 5.24. The Hall–Kier alpha value is -2.42. The summed E-state index contributed by atoms with van der Waals surface area (Å²) in [4.78, 5) is 15.2. The van der Waals surface area contributed by atoms with Crippen LogP contribution >= 0.6 is 0 Å². The van der Waals surface area contributed by atoms with Gasteiger partial charge in [0.15, 0.2) is 21.5 Å². The Morgan fingerprint density at radius 2 is 1.84 bits per heavy atom. The molecule has 0 N–H and O–H groups in total. The molecule has 166 valence electrons. The fourth-order valence-corrected chi connectivity index (χ4v) is 7.28. The maximum Gasteiger partial charge on any atom is 0.223 e. The third-order valence-corrected chi connectivity index (χ3v) is 8.80. The summed E-state index contributed by atoms with van der Waals surface area (Å²) in [5.41, 5.74) is 0.986. The molecule has 3 aliphatic rings. The van der Waals surface area contributed by atoms with Crippen LogP contribution in [-0.4, -0.2) is 58.6 Å². The van der Waals surface area contributed by atoms with Crippen molar-refractivity contribution in [2.75, 3.05) is 18.6 Å². The third-order valence-electron chi connectivity index (χ3n) is 6.96. The molecule has 2 aromatic rings. The molecule has 1 aromatic carbocycles. The van der Waals surface area contributed by atoms with Crippen LogP contribution in [0.4, 0.5) is 0 Å². The number of hydrogen-bond donors (Lipinski definition) is 0. The van der Waals surface area contributed by atoms with Crippen molar-refractivity contribution in [2.24, 2.45) is 5.92 Å². The summed E-state index contributed by atoms with van der Waals surface area (Å²) in [6.45, 7) is 0.433. The van der Waals surface area contributed by atoms with E-state index in [1.54, 1.807) is 7.11 Å². The lowest BCUT2D eigenvalue weighted by molar-refractivity contribution is -0.138. The number of aromatic nitrogens is 3. The van der Waals surface area contributed by atoms with E-state index in [-0.39, 0.29) is 35.4 Å². The highest BCUT2D eigenvalue weighted by Crippen LogP contribution is 2.40. The van der Waals surface area contributed by atoms with Crippen molar-refractivity contribution in [1.82, 2.24) is 19.7 Å². The fourth-order valence-electron chi connectivity index (χ4n) is 5.41. The highest BCUT2D eigenvalue weighted by Gasteiger charge is 2.42. The van der Waals surface area contributed by atoms with Gasteiger partial charge in [-0.15, -0.1) is 10.2 Å². The van der Waals surface area contributed by atoms with Crippen LogP contribution in [0.5, 0.6) is 5.75 Å². The zero-order valence-corrected chi connectivity index (χ0v) is 18.6. The SMILES string of the molecule is COc1ccc(-c2nnc3n2C2CCCCC2N(C(=O)CC2CCS(=O)(=O)C2)C3)cc1. The van der Waals surface area contributed by atoms with E-state index in [1.165, 1.54) is 0 Å². The molecule has 31 heavy (non-hydrogen) atoms. The predicted octanol–water partition coefficient (Wildman–Crippen LogP) is 2.60. The van der Waals surface area contributed by atoms with Gasteiger partial charge in [-0.05, 0) is 49.4 Å². The van der Waals surface area contributed by atoms with Crippen LogP contribution in [-0.2, 0) is 21.2 Å². The Balaban J connectivity index is 1.42. The number of ether oxygens (including phenoxy) is 1. The highest BCUT2D eigenvalue weighted by atomic mass is 32.2. The average Bonchev–Trinajstić information content (AvgIpc) is 3.36. The zero-order chi connectivity index (χ0) is 21.6. The van der Waals surface area contributed by atoms with Gasteiger partial charge in [-0.3, -0.25) is 4.79 Å². The van der Waals surface area contributed by atoms with Crippen molar-refractivity contribution < 1.29 is 17.9 Å². The molecule has 3 heterocycles. The lowest BCUT2D eigenvalue weighted by atomic mass is 9.86. The van der Waals surface area contributed by atoms with Crippen LogP contribution in [0.2, 0.25) is 0 Å². The van der Waals surface area contributed by atoms with E-state index in [0.29, 0.717) is 19.4 Å². The second-order valence-electron chi connectivity index (χ2n) is 8.95. The molecule has 2 aliphatic heterocycles. The number of sulfone groups is 1. The van der Waals surface area contributed by atoms with Crippen molar-refractivity contribution in [3.05, 3.63) is 30.1 Å². The maximum atomic E-state index is 13.2. The van der Waals surface area contributed by atoms with Crippen molar-refractivity contribution in [2.45, 2.75) is 57.2 Å². The average molecular weight is 445 g/mol. The van der Waals surface area contributed by atoms with Crippen molar-refractivity contribution >= 4 is 15.7 Å². The molecule has 5 rings (SSSR count). The molecular weight excluding hydrogens is 416 g/mol. The molecule has 0 radical (unpaired) electrons. The number of fused-ring (bicyclic) bond motifs is 3. The lowest BCUT2D eigenvalue weighted by Crippen LogP contribution is -2.51. The van der Waals surface area contributed by atoms with Crippen molar-refractivity contribution in [1.29, 1.82) is 0 Å².